The van der Waals surface area contributed by atoms with Crippen LogP contribution in [0.15, 0.2) is 54.6 Å². The number of hydrogen-bond acceptors (Lipinski definition) is 7. The first-order valence-electron chi connectivity index (χ1n) is 18.5. The maximum absolute atomic E-state index is 15.2. The molecule has 10 heteroatoms. The van der Waals surface area contributed by atoms with E-state index >= 15 is 4.39 Å². The van der Waals surface area contributed by atoms with Gasteiger partial charge in [-0.25, -0.2) is 9.18 Å². The van der Waals surface area contributed by atoms with Crippen LogP contribution in [0, 0.1) is 24.7 Å². The summed E-state index contributed by atoms with van der Waals surface area (Å²) in [6.45, 7) is 14.6. The highest BCUT2D eigenvalue weighted by atomic mass is 19.1. The zero-order valence-corrected chi connectivity index (χ0v) is 31.4. The largest absolute Gasteiger partial charge is 0.466 e. The van der Waals surface area contributed by atoms with Crippen LogP contribution in [0.5, 0.6) is 0 Å². The molecule has 2 N–H and O–H groups in total. The summed E-state index contributed by atoms with van der Waals surface area (Å²) in [5, 5.41) is 8.58. The molecule has 2 aliphatic heterocycles. The highest BCUT2D eigenvalue weighted by Crippen LogP contribution is 2.29. The van der Waals surface area contributed by atoms with Gasteiger partial charge in [0.1, 0.15) is 11.8 Å². The molecule has 3 aromatic rings. The SMILES string of the molecule is CCOC(=O)CCCCN1CCC(C#Cc2ccc([C@@H](C)NC(=O)c3cc(NC4CN(C(=O)OC(C)(C)C)C4)ccc3C)c3ccccc23)C(F)C1. The first-order valence-corrected chi connectivity index (χ1v) is 18.5. The molecule has 0 radical (unpaired) electrons. The zero-order valence-electron chi connectivity index (χ0n) is 31.4. The second kappa shape index (κ2) is 17.3. The number of carbonyl (C=O) groups excluding carboxylic acids is 3. The number of nitrogens with one attached hydrogen (secondary N) is 2. The summed E-state index contributed by atoms with van der Waals surface area (Å²) in [6.07, 6.45) is 1.28. The number of esters is 1. The van der Waals surface area contributed by atoms with Crippen molar-refractivity contribution in [2.24, 2.45) is 5.92 Å². The minimum Gasteiger partial charge on any atom is -0.466 e. The van der Waals surface area contributed by atoms with Crippen molar-refractivity contribution in [1.29, 1.82) is 0 Å². The van der Waals surface area contributed by atoms with Crippen LogP contribution in [-0.2, 0) is 14.3 Å². The number of unbranched alkanes of at least 4 members (excludes halogenated alkanes) is 1. The summed E-state index contributed by atoms with van der Waals surface area (Å²) in [7, 11) is 0. The molecular formula is C42H53FN4O5. The zero-order chi connectivity index (χ0) is 37.4. The number of aryl methyl sites for hydroxylation is 1. The Morgan fingerprint density at radius 1 is 1.02 bits per heavy atom. The van der Waals surface area contributed by atoms with Crippen LogP contribution < -0.4 is 10.6 Å². The fraction of sp³-hybridized carbons (Fsp3) is 0.500. The van der Waals surface area contributed by atoms with Gasteiger partial charge in [0, 0.05) is 42.9 Å². The second-order valence-electron chi connectivity index (χ2n) is 14.9. The summed E-state index contributed by atoms with van der Waals surface area (Å²) < 4.78 is 25.7. The summed E-state index contributed by atoms with van der Waals surface area (Å²) >= 11 is 0. The van der Waals surface area contributed by atoms with Gasteiger partial charge in [-0.15, -0.1) is 0 Å². The molecule has 0 aromatic heterocycles. The van der Waals surface area contributed by atoms with E-state index in [-0.39, 0.29) is 36.0 Å². The number of anilines is 1. The van der Waals surface area contributed by atoms with Crippen molar-refractivity contribution in [3.8, 4) is 11.8 Å². The number of nitrogens with zero attached hydrogens (tertiary/aromatic N) is 2. The number of amides is 2. The minimum atomic E-state index is -1.04. The molecule has 2 fully saturated rings. The summed E-state index contributed by atoms with van der Waals surface area (Å²) in [5.74, 6) is 5.83. The number of rotatable bonds is 11. The number of halogens is 1. The lowest BCUT2D eigenvalue weighted by Gasteiger charge is -2.40. The van der Waals surface area contributed by atoms with Gasteiger partial charge in [-0.2, -0.15) is 0 Å². The predicted octanol–water partition coefficient (Wildman–Crippen LogP) is 7.42. The van der Waals surface area contributed by atoms with Gasteiger partial charge < -0.3 is 29.9 Å². The van der Waals surface area contributed by atoms with E-state index in [1.807, 2.05) is 89.2 Å². The molecule has 2 saturated heterocycles. The topological polar surface area (TPSA) is 100 Å². The van der Waals surface area contributed by atoms with E-state index in [9.17, 15) is 14.4 Å². The van der Waals surface area contributed by atoms with Gasteiger partial charge in [-0.1, -0.05) is 48.2 Å². The molecule has 0 aliphatic carbocycles. The summed E-state index contributed by atoms with van der Waals surface area (Å²) in [6, 6.07) is 17.5. The number of ether oxygens (including phenoxy) is 2. The molecule has 9 nitrogen and oxygen atoms in total. The molecule has 0 bridgehead atoms. The number of fused-ring (bicyclic) bond motifs is 1. The molecule has 3 atom stereocenters. The van der Waals surface area contributed by atoms with Crippen LogP contribution in [0.3, 0.4) is 0 Å². The normalized spacial score (nSPS) is 18.5. The molecule has 52 heavy (non-hydrogen) atoms. The number of benzene rings is 3. The molecule has 278 valence electrons. The number of carbonyl (C=O) groups is 3. The van der Waals surface area contributed by atoms with Crippen LogP contribution in [-0.4, -0.2) is 84.9 Å². The van der Waals surface area contributed by atoms with E-state index in [1.54, 1.807) is 11.8 Å². The van der Waals surface area contributed by atoms with Crippen molar-refractivity contribution >= 4 is 34.4 Å². The molecular weight excluding hydrogens is 659 g/mol. The average molecular weight is 713 g/mol. The molecule has 0 spiro atoms. The van der Waals surface area contributed by atoms with Gasteiger partial charge in [0.2, 0.25) is 0 Å². The van der Waals surface area contributed by atoms with Crippen LogP contribution in [0.4, 0.5) is 14.9 Å². The molecule has 2 amide bonds. The van der Waals surface area contributed by atoms with Crippen molar-refractivity contribution in [2.45, 2.75) is 91.1 Å². The highest BCUT2D eigenvalue weighted by Gasteiger charge is 2.34. The van der Waals surface area contributed by atoms with Crippen LogP contribution in [0.1, 0.15) is 93.4 Å². The van der Waals surface area contributed by atoms with Crippen LogP contribution in [0.2, 0.25) is 0 Å². The van der Waals surface area contributed by atoms with Crippen molar-refractivity contribution in [3.63, 3.8) is 0 Å². The standard InChI is InChI=1S/C42H53FN4O5/c1-7-51-39(48)14-10-11-22-46-23-21-31(38(43)27-46)17-16-30-18-20-34(36-13-9-8-12-35(30)36)29(3)44-40(49)37-24-32(19-15-28(37)2)45-33-25-47(26-33)41(50)52-42(4,5)6/h8-9,12-13,15,18-20,24,29,31,33,38,45H,7,10-11,14,21-23,25-27H2,1-6H3,(H,44,49)/t29-,31?,38?/m1/s1. The van der Waals surface area contributed by atoms with E-state index in [2.05, 4.69) is 27.4 Å². The lowest BCUT2D eigenvalue weighted by Crippen LogP contribution is -2.57. The van der Waals surface area contributed by atoms with Gasteiger partial charge in [-0.05, 0) is 114 Å². The van der Waals surface area contributed by atoms with Crippen LogP contribution >= 0.6 is 0 Å². The van der Waals surface area contributed by atoms with E-state index in [1.165, 1.54) is 0 Å². The smallest absolute Gasteiger partial charge is 0.410 e. The second-order valence-corrected chi connectivity index (χ2v) is 14.9. The van der Waals surface area contributed by atoms with Gasteiger partial charge in [-0.3, -0.25) is 9.59 Å². The van der Waals surface area contributed by atoms with Gasteiger partial charge in [0.15, 0.2) is 0 Å². The molecule has 2 aliphatic rings. The predicted molar refractivity (Wildman–Crippen MR) is 203 cm³/mol. The maximum atomic E-state index is 15.2. The van der Waals surface area contributed by atoms with E-state index in [0.29, 0.717) is 44.6 Å². The maximum Gasteiger partial charge on any atom is 0.410 e. The molecule has 5 rings (SSSR count). The number of piperidine rings is 1. The summed E-state index contributed by atoms with van der Waals surface area (Å²) in [5.41, 5.74) is 3.53. The first-order chi connectivity index (χ1) is 24.8. The van der Waals surface area contributed by atoms with Crippen molar-refractivity contribution in [1.82, 2.24) is 15.1 Å². The lowest BCUT2D eigenvalue weighted by molar-refractivity contribution is -0.143. The quantitative estimate of drug-likeness (QED) is 0.121. The molecule has 0 saturated carbocycles. The third kappa shape index (κ3) is 10.3. The Morgan fingerprint density at radius 2 is 1.77 bits per heavy atom. The minimum absolute atomic E-state index is 0.0711. The number of hydrogen-bond donors (Lipinski definition) is 2. The highest BCUT2D eigenvalue weighted by molar-refractivity contribution is 5.97. The fourth-order valence-corrected chi connectivity index (χ4v) is 6.74. The van der Waals surface area contributed by atoms with Gasteiger partial charge in [0.05, 0.1) is 24.6 Å². The molecule has 2 heterocycles. The van der Waals surface area contributed by atoms with Gasteiger partial charge in [0.25, 0.3) is 5.91 Å². The third-order valence-electron chi connectivity index (χ3n) is 9.59. The Hall–Kier alpha value is -4.62. The monoisotopic (exact) mass is 712 g/mol. The van der Waals surface area contributed by atoms with Crippen LogP contribution in [0.25, 0.3) is 10.8 Å². The van der Waals surface area contributed by atoms with E-state index in [0.717, 1.165) is 59.1 Å². The Kier molecular flexibility index (Phi) is 12.8. The first kappa shape index (κ1) is 38.6. The van der Waals surface area contributed by atoms with Gasteiger partial charge >= 0.3 is 12.1 Å². The van der Waals surface area contributed by atoms with E-state index < -0.39 is 11.8 Å². The third-order valence-corrected chi connectivity index (χ3v) is 9.59. The van der Waals surface area contributed by atoms with Crippen molar-refractivity contribution in [2.75, 3.05) is 44.6 Å². The van der Waals surface area contributed by atoms with Crippen molar-refractivity contribution in [3.05, 3.63) is 76.9 Å². The lowest BCUT2D eigenvalue weighted by atomic mass is 9.93. The number of alkyl halides is 1. The Morgan fingerprint density at radius 3 is 2.48 bits per heavy atom. The fourth-order valence-electron chi connectivity index (χ4n) is 6.74. The Bertz CT molecular complexity index is 1810. The van der Waals surface area contributed by atoms with E-state index in [4.69, 9.17) is 9.47 Å². The summed E-state index contributed by atoms with van der Waals surface area (Å²) in [4.78, 5) is 41.3. The molecule has 2 unspecified atom stereocenters. The average Bonchev–Trinajstić information content (AvgIpc) is 3.07. The number of likely N-dealkylation sites (tertiary alicyclic amines) is 2. The Labute approximate surface area is 307 Å². The Balaban J connectivity index is 1.18. The van der Waals surface area contributed by atoms with Crippen molar-refractivity contribution < 1.29 is 28.2 Å². The molecule has 3 aromatic carbocycles.